The molecular formula is C14H12FNO4. The molecule has 0 radical (unpaired) electrons. The van der Waals surface area contributed by atoms with Gasteiger partial charge in [-0.15, -0.1) is 0 Å². The summed E-state index contributed by atoms with van der Waals surface area (Å²) in [5.74, 6) is -0.326. The summed E-state index contributed by atoms with van der Waals surface area (Å²) in [5.41, 5.74) is 0.0863. The molecule has 0 unspecified atom stereocenters. The molecule has 0 amide bonds. The lowest BCUT2D eigenvalue weighted by Gasteiger charge is -2.10. The van der Waals surface area contributed by atoms with Crippen molar-refractivity contribution < 1.29 is 19.2 Å². The minimum atomic E-state index is -0.694. The van der Waals surface area contributed by atoms with Gasteiger partial charge in [0.2, 0.25) is 0 Å². The van der Waals surface area contributed by atoms with Crippen molar-refractivity contribution in [2.75, 3.05) is 0 Å². The molecular weight excluding hydrogens is 265 g/mol. The van der Waals surface area contributed by atoms with Gasteiger partial charge >= 0.3 is 0 Å². The Labute approximate surface area is 114 Å². The fourth-order valence-corrected chi connectivity index (χ4v) is 1.79. The van der Waals surface area contributed by atoms with Crippen molar-refractivity contribution in [2.45, 2.75) is 13.2 Å². The minimum Gasteiger partial charge on any atom is -0.488 e. The van der Waals surface area contributed by atoms with E-state index < -0.39 is 10.7 Å². The number of aliphatic hydroxyl groups excluding tert-OH is 1. The van der Waals surface area contributed by atoms with E-state index in [9.17, 15) is 14.5 Å². The van der Waals surface area contributed by atoms with Crippen LogP contribution in [-0.4, -0.2) is 10.0 Å². The summed E-state index contributed by atoms with van der Waals surface area (Å²) in [4.78, 5) is 10.2. The molecule has 0 fully saturated rings. The second-order valence-electron chi connectivity index (χ2n) is 4.05. The number of rotatable bonds is 5. The van der Waals surface area contributed by atoms with E-state index in [1.54, 1.807) is 24.3 Å². The Hall–Kier alpha value is -2.47. The van der Waals surface area contributed by atoms with Crippen LogP contribution >= 0.6 is 0 Å². The van der Waals surface area contributed by atoms with Gasteiger partial charge in [-0.2, -0.15) is 0 Å². The van der Waals surface area contributed by atoms with E-state index in [0.29, 0.717) is 11.3 Å². The van der Waals surface area contributed by atoms with E-state index in [2.05, 4.69) is 0 Å². The number of hydrogen-bond donors (Lipinski definition) is 1. The smallest absolute Gasteiger partial charge is 0.278 e. The molecule has 2 aromatic carbocycles. The van der Waals surface area contributed by atoms with Crippen molar-refractivity contribution in [2.24, 2.45) is 0 Å². The zero-order valence-corrected chi connectivity index (χ0v) is 10.5. The molecule has 0 saturated carbocycles. The molecule has 0 saturated heterocycles. The average Bonchev–Trinajstić information content (AvgIpc) is 2.46. The van der Waals surface area contributed by atoms with Crippen LogP contribution in [0.25, 0.3) is 0 Å². The Morgan fingerprint density at radius 1 is 1.20 bits per heavy atom. The van der Waals surface area contributed by atoms with E-state index in [1.165, 1.54) is 12.1 Å². The van der Waals surface area contributed by atoms with Gasteiger partial charge in [-0.05, 0) is 12.1 Å². The van der Waals surface area contributed by atoms with E-state index in [1.807, 2.05) is 0 Å². The van der Waals surface area contributed by atoms with Crippen LogP contribution in [0.2, 0.25) is 0 Å². The Bertz CT molecular complexity index is 630. The van der Waals surface area contributed by atoms with Crippen molar-refractivity contribution in [3.05, 3.63) is 69.5 Å². The highest BCUT2D eigenvalue weighted by molar-refractivity contribution is 5.41. The quantitative estimate of drug-likeness (QED) is 0.673. The van der Waals surface area contributed by atoms with Crippen LogP contribution in [0, 0.1) is 15.9 Å². The number of halogens is 1. The van der Waals surface area contributed by atoms with Crippen LogP contribution < -0.4 is 4.74 Å². The SMILES string of the molecule is O=[N+]([O-])c1cccc(F)c1COc1ccccc1CO. The molecule has 2 rings (SSSR count). The van der Waals surface area contributed by atoms with Crippen molar-refractivity contribution >= 4 is 5.69 Å². The zero-order valence-electron chi connectivity index (χ0n) is 10.5. The number of hydrogen-bond acceptors (Lipinski definition) is 4. The highest BCUT2D eigenvalue weighted by Crippen LogP contribution is 2.25. The number of nitro groups is 1. The molecule has 5 nitrogen and oxygen atoms in total. The molecule has 0 aromatic heterocycles. The van der Waals surface area contributed by atoms with Gasteiger partial charge in [-0.1, -0.05) is 24.3 Å². The van der Waals surface area contributed by atoms with Crippen LogP contribution in [0.3, 0.4) is 0 Å². The molecule has 0 aliphatic rings. The predicted molar refractivity (Wildman–Crippen MR) is 69.8 cm³/mol. The topological polar surface area (TPSA) is 72.6 Å². The van der Waals surface area contributed by atoms with Crippen LogP contribution in [0.4, 0.5) is 10.1 Å². The molecule has 0 aliphatic carbocycles. The first-order valence-corrected chi connectivity index (χ1v) is 5.87. The number of nitro benzene ring substituents is 1. The fourth-order valence-electron chi connectivity index (χ4n) is 1.79. The van der Waals surface area contributed by atoms with Crippen LogP contribution in [0.15, 0.2) is 42.5 Å². The maximum atomic E-state index is 13.7. The number of aliphatic hydroxyl groups is 1. The summed E-state index contributed by atoms with van der Waals surface area (Å²) < 4.78 is 19.0. The molecule has 0 bridgehead atoms. The average molecular weight is 277 g/mol. The van der Waals surface area contributed by atoms with E-state index in [4.69, 9.17) is 9.84 Å². The van der Waals surface area contributed by atoms with Gasteiger partial charge in [-0.3, -0.25) is 10.1 Å². The van der Waals surface area contributed by atoms with E-state index in [-0.39, 0.29) is 24.5 Å². The van der Waals surface area contributed by atoms with Crippen LogP contribution in [0.1, 0.15) is 11.1 Å². The summed E-state index contributed by atoms with van der Waals surface area (Å²) in [6.07, 6.45) is 0. The van der Waals surface area contributed by atoms with Gasteiger partial charge in [0.05, 0.1) is 11.5 Å². The summed E-state index contributed by atoms with van der Waals surface area (Å²) in [5, 5.41) is 20.0. The Balaban J connectivity index is 2.25. The summed E-state index contributed by atoms with van der Waals surface area (Å²) in [7, 11) is 0. The Morgan fingerprint density at radius 3 is 2.65 bits per heavy atom. The monoisotopic (exact) mass is 277 g/mol. The molecule has 0 heterocycles. The second kappa shape index (κ2) is 6.12. The first-order valence-electron chi connectivity index (χ1n) is 5.87. The molecule has 0 spiro atoms. The third kappa shape index (κ3) is 2.92. The molecule has 0 aliphatic heterocycles. The molecule has 6 heteroatoms. The predicted octanol–water partition coefficient (Wildman–Crippen LogP) is 2.81. The lowest BCUT2D eigenvalue weighted by Crippen LogP contribution is -2.04. The molecule has 20 heavy (non-hydrogen) atoms. The highest BCUT2D eigenvalue weighted by atomic mass is 19.1. The largest absolute Gasteiger partial charge is 0.488 e. The van der Waals surface area contributed by atoms with Gasteiger partial charge in [0.25, 0.3) is 5.69 Å². The molecule has 104 valence electrons. The number of benzene rings is 2. The van der Waals surface area contributed by atoms with Crippen molar-refractivity contribution in [3.8, 4) is 5.75 Å². The van der Waals surface area contributed by atoms with Gasteiger partial charge < -0.3 is 9.84 Å². The van der Waals surface area contributed by atoms with Crippen LogP contribution in [-0.2, 0) is 13.2 Å². The summed E-state index contributed by atoms with van der Waals surface area (Å²) >= 11 is 0. The standard InChI is InChI=1S/C14H12FNO4/c15-12-5-3-6-13(16(18)19)11(12)9-20-14-7-2-1-4-10(14)8-17/h1-7,17H,8-9H2. The maximum absolute atomic E-state index is 13.7. The van der Waals surface area contributed by atoms with E-state index >= 15 is 0 Å². The third-order valence-electron chi connectivity index (χ3n) is 2.81. The molecule has 0 atom stereocenters. The van der Waals surface area contributed by atoms with E-state index in [0.717, 1.165) is 6.07 Å². The minimum absolute atomic E-state index is 0.120. The molecule has 1 N–H and O–H groups in total. The van der Waals surface area contributed by atoms with Gasteiger partial charge in [0, 0.05) is 11.6 Å². The Kier molecular flexibility index (Phi) is 4.27. The number of para-hydroxylation sites is 1. The Morgan fingerprint density at radius 2 is 1.95 bits per heavy atom. The van der Waals surface area contributed by atoms with Crippen LogP contribution in [0.5, 0.6) is 5.75 Å². The van der Waals surface area contributed by atoms with Crippen molar-refractivity contribution in [1.29, 1.82) is 0 Å². The highest BCUT2D eigenvalue weighted by Gasteiger charge is 2.18. The lowest BCUT2D eigenvalue weighted by molar-refractivity contribution is -0.386. The normalized spacial score (nSPS) is 10.3. The first-order chi connectivity index (χ1) is 9.63. The zero-order chi connectivity index (χ0) is 14.5. The van der Waals surface area contributed by atoms with Gasteiger partial charge in [-0.25, -0.2) is 4.39 Å². The number of nitrogens with zero attached hydrogens (tertiary/aromatic N) is 1. The van der Waals surface area contributed by atoms with Crippen molar-refractivity contribution in [1.82, 2.24) is 0 Å². The maximum Gasteiger partial charge on any atom is 0.278 e. The number of ether oxygens (including phenoxy) is 1. The van der Waals surface area contributed by atoms with Crippen molar-refractivity contribution in [3.63, 3.8) is 0 Å². The molecule has 2 aromatic rings. The first kappa shape index (κ1) is 14.0. The van der Waals surface area contributed by atoms with Gasteiger partial charge in [0.1, 0.15) is 23.7 Å². The third-order valence-corrected chi connectivity index (χ3v) is 2.81. The lowest BCUT2D eigenvalue weighted by atomic mass is 10.1. The van der Waals surface area contributed by atoms with Gasteiger partial charge in [0.15, 0.2) is 0 Å². The fraction of sp³-hybridized carbons (Fsp3) is 0.143. The summed E-state index contributed by atoms with van der Waals surface area (Å²) in [6.45, 7) is -0.504. The second-order valence-corrected chi connectivity index (χ2v) is 4.05. The summed E-state index contributed by atoms with van der Waals surface area (Å²) in [6, 6.07) is 10.3.